The Bertz CT molecular complexity index is 551. The molecule has 2 aliphatic rings. The largest absolute Gasteiger partial charge is 0.383 e. The fraction of sp³-hybridized carbons (Fsp3) is 0.588. The van der Waals surface area contributed by atoms with Crippen LogP contribution in [0.4, 0.5) is 4.39 Å². The number of aliphatic hydroxyl groups excluding tert-OH is 1. The van der Waals surface area contributed by atoms with Crippen molar-refractivity contribution in [3.05, 3.63) is 34.6 Å². The van der Waals surface area contributed by atoms with Gasteiger partial charge in [-0.05, 0) is 56.8 Å². The van der Waals surface area contributed by atoms with Gasteiger partial charge in [-0.3, -0.25) is 9.69 Å². The highest BCUT2D eigenvalue weighted by Crippen LogP contribution is 2.26. The number of nitrogens with one attached hydrogen (secondary N) is 1. The van der Waals surface area contributed by atoms with Gasteiger partial charge >= 0.3 is 0 Å². The Hall–Kier alpha value is -1.17. The van der Waals surface area contributed by atoms with Crippen molar-refractivity contribution in [1.29, 1.82) is 0 Å². The van der Waals surface area contributed by atoms with Gasteiger partial charge in [0.05, 0.1) is 0 Å². The Morgan fingerprint density at radius 2 is 2.04 bits per heavy atom. The molecule has 1 aromatic carbocycles. The molecular formula is C17H22ClFN2O2. The molecule has 126 valence electrons. The van der Waals surface area contributed by atoms with Crippen LogP contribution in [0.2, 0.25) is 5.02 Å². The minimum Gasteiger partial charge on any atom is -0.383 e. The number of rotatable bonds is 5. The van der Waals surface area contributed by atoms with Gasteiger partial charge in [-0.2, -0.15) is 0 Å². The zero-order chi connectivity index (χ0) is 16.4. The normalized spacial score (nSPS) is 21.2. The Morgan fingerprint density at radius 3 is 2.65 bits per heavy atom. The van der Waals surface area contributed by atoms with Gasteiger partial charge in [-0.25, -0.2) is 4.39 Å². The van der Waals surface area contributed by atoms with Crippen LogP contribution in [0, 0.1) is 11.7 Å². The first kappa shape index (κ1) is 16.7. The zero-order valence-corrected chi connectivity index (χ0v) is 13.7. The summed E-state index contributed by atoms with van der Waals surface area (Å²) < 4.78 is 13.8. The highest BCUT2D eigenvalue weighted by Gasteiger charge is 2.33. The number of likely N-dealkylation sites (tertiary alicyclic amines) is 1. The summed E-state index contributed by atoms with van der Waals surface area (Å²) in [5.41, 5.74) is 0.514. The second kappa shape index (κ2) is 7.16. The maximum Gasteiger partial charge on any atom is 0.249 e. The van der Waals surface area contributed by atoms with Gasteiger partial charge in [0.25, 0.3) is 0 Å². The fourth-order valence-electron chi connectivity index (χ4n) is 3.06. The highest BCUT2D eigenvalue weighted by atomic mass is 35.5. The van der Waals surface area contributed by atoms with Gasteiger partial charge in [-0.15, -0.1) is 0 Å². The van der Waals surface area contributed by atoms with E-state index in [4.69, 9.17) is 11.6 Å². The summed E-state index contributed by atoms with van der Waals surface area (Å²) in [5, 5.41) is 13.5. The third kappa shape index (κ3) is 4.22. The van der Waals surface area contributed by atoms with Crippen LogP contribution < -0.4 is 5.32 Å². The summed E-state index contributed by atoms with van der Waals surface area (Å²) in [4.78, 5) is 14.0. The van der Waals surface area contributed by atoms with Crippen molar-refractivity contribution in [2.45, 2.75) is 44.4 Å². The Balaban J connectivity index is 1.51. The van der Waals surface area contributed by atoms with Gasteiger partial charge in [-0.1, -0.05) is 17.7 Å². The molecule has 4 nitrogen and oxygen atoms in total. The molecule has 0 aromatic heterocycles. The van der Waals surface area contributed by atoms with E-state index in [1.165, 1.54) is 6.07 Å². The van der Waals surface area contributed by atoms with E-state index in [2.05, 4.69) is 10.2 Å². The number of nitrogens with zero attached hydrogens (tertiary/aromatic N) is 1. The first-order valence-electron chi connectivity index (χ1n) is 8.18. The summed E-state index contributed by atoms with van der Waals surface area (Å²) in [7, 11) is 0. The number of hydrogen-bond acceptors (Lipinski definition) is 3. The fourth-order valence-corrected chi connectivity index (χ4v) is 3.28. The molecule has 1 aromatic rings. The van der Waals surface area contributed by atoms with Crippen LogP contribution in [-0.4, -0.2) is 41.1 Å². The van der Waals surface area contributed by atoms with E-state index in [1.54, 1.807) is 12.1 Å². The Labute approximate surface area is 140 Å². The molecule has 2 N–H and O–H groups in total. The lowest BCUT2D eigenvalue weighted by Gasteiger charge is -2.34. The first-order chi connectivity index (χ1) is 11.0. The summed E-state index contributed by atoms with van der Waals surface area (Å²) in [6, 6.07) is 4.97. The molecule has 0 unspecified atom stereocenters. The lowest BCUT2D eigenvalue weighted by molar-refractivity contribution is -0.133. The number of amides is 1. The molecule has 1 amide bonds. The van der Waals surface area contributed by atoms with Crippen molar-refractivity contribution in [3.63, 3.8) is 0 Å². The molecule has 1 atom stereocenters. The van der Waals surface area contributed by atoms with E-state index in [9.17, 15) is 14.3 Å². The van der Waals surface area contributed by atoms with E-state index >= 15 is 0 Å². The predicted octanol–water partition coefficient (Wildman–Crippen LogP) is 2.33. The summed E-state index contributed by atoms with van der Waals surface area (Å²) in [5.74, 6) is -0.562. The number of hydrogen-bond donors (Lipinski definition) is 2. The molecule has 1 heterocycles. The van der Waals surface area contributed by atoms with Crippen molar-refractivity contribution in [2.24, 2.45) is 5.92 Å². The lowest BCUT2D eigenvalue weighted by atomic mass is 9.90. The maximum atomic E-state index is 13.8. The topological polar surface area (TPSA) is 52.6 Å². The van der Waals surface area contributed by atoms with E-state index in [0.29, 0.717) is 17.1 Å². The molecule has 1 aliphatic carbocycles. The molecule has 1 saturated heterocycles. The van der Waals surface area contributed by atoms with Crippen molar-refractivity contribution in [3.8, 4) is 0 Å². The molecule has 6 heteroatoms. The van der Waals surface area contributed by atoms with E-state index in [0.717, 1.165) is 38.8 Å². The predicted molar refractivity (Wildman–Crippen MR) is 86.6 cm³/mol. The molecule has 1 saturated carbocycles. The van der Waals surface area contributed by atoms with Crippen molar-refractivity contribution in [1.82, 2.24) is 10.2 Å². The first-order valence-corrected chi connectivity index (χ1v) is 8.56. The number of piperidine rings is 1. The third-order valence-electron chi connectivity index (χ3n) is 4.71. The second-order valence-corrected chi connectivity index (χ2v) is 6.95. The van der Waals surface area contributed by atoms with Crippen LogP contribution in [0.15, 0.2) is 18.2 Å². The molecular weight excluding hydrogens is 319 g/mol. The van der Waals surface area contributed by atoms with Gasteiger partial charge in [0.2, 0.25) is 5.91 Å². The summed E-state index contributed by atoms with van der Waals surface area (Å²) >= 11 is 6.06. The van der Waals surface area contributed by atoms with Gasteiger partial charge in [0.15, 0.2) is 0 Å². The number of aliphatic hydroxyl groups is 1. The zero-order valence-electron chi connectivity index (χ0n) is 13.0. The van der Waals surface area contributed by atoms with Crippen molar-refractivity contribution < 1.29 is 14.3 Å². The molecule has 1 aliphatic heterocycles. The standard InChI is InChI=1S/C17H22ClFN2O2/c18-14-2-1-3-15(19)13(14)10-21-8-6-11(7-9-21)16(22)17(23)20-12-4-5-12/h1-3,11-12,16,22H,4-10H2,(H,20,23)/t16-/m1/s1. The number of carbonyl (C=O) groups excluding carboxylic acids is 1. The quantitative estimate of drug-likeness (QED) is 0.865. The van der Waals surface area contributed by atoms with E-state index < -0.39 is 6.10 Å². The van der Waals surface area contributed by atoms with Crippen LogP contribution in [-0.2, 0) is 11.3 Å². The third-order valence-corrected chi connectivity index (χ3v) is 5.07. The number of benzene rings is 1. The Morgan fingerprint density at radius 1 is 1.35 bits per heavy atom. The van der Waals surface area contributed by atoms with Crippen LogP contribution in [0.1, 0.15) is 31.2 Å². The number of halogens is 2. The molecule has 0 spiro atoms. The average molecular weight is 341 g/mol. The van der Waals surface area contributed by atoms with Crippen LogP contribution in [0.3, 0.4) is 0 Å². The van der Waals surface area contributed by atoms with Crippen molar-refractivity contribution in [2.75, 3.05) is 13.1 Å². The molecule has 2 fully saturated rings. The average Bonchev–Trinajstić information content (AvgIpc) is 3.35. The molecule has 0 radical (unpaired) electrons. The summed E-state index contributed by atoms with van der Waals surface area (Å²) in [6.45, 7) is 1.91. The van der Waals surface area contributed by atoms with E-state index in [1.807, 2.05) is 0 Å². The van der Waals surface area contributed by atoms with Crippen LogP contribution in [0.5, 0.6) is 0 Å². The Kier molecular flexibility index (Phi) is 5.19. The van der Waals surface area contributed by atoms with Gasteiger partial charge in [0, 0.05) is 23.2 Å². The smallest absolute Gasteiger partial charge is 0.249 e. The molecule has 3 rings (SSSR count). The van der Waals surface area contributed by atoms with Gasteiger partial charge < -0.3 is 10.4 Å². The second-order valence-electron chi connectivity index (χ2n) is 6.54. The lowest BCUT2D eigenvalue weighted by Crippen LogP contribution is -2.45. The number of carbonyl (C=O) groups is 1. The molecule has 23 heavy (non-hydrogen) atoms. The van der Waals surface area contributed by atoms with Crippen molar-refractivity contribution >= 4 is 17.5 Å². The maximum absolute atomic E-state index is 13.8. The minimum absolute atomic E-state index is 0.0268. The SMILES string of the molecule is O=C(NC1CC1)[C@H](O)C1CCN(Cc2c(F)cccc2Cl)CC1. The monoisotopic (exact) mass is 340 g/mol. The van der Waals surface area contributed by atoms with Gasteiger partial charge in [0.1, 0.15) is 11.9 Å². The van der Waals surface area contributed by atoms with Crippen LogP contribution >= 0.6 is 11.6 Å². The minimum atomic E-state index is -0.935. The molecule has 0 bridgehead atoms. The van der Waals surface area contributed by atoms with Crippen LogP contribution in [0.25, 0.3) is 0 Å². The van der Waals surface area contributed by atoms with E-state index in [-0.39, 0.29) is 23.7 Å². The highest BCUT2D eigenvalue weighted by molar-refractivity contribution is 6.31. The summed E-state index contributed by atoms with van der Waals surface area (Å²) in [6.07, 6.45) is 2.55.